The first-order valence-corrected chi connectivity index (χ1v) is 7.76. The van der Waals surface area contributed by atoms with Crippen molar-refractivity contribution in [2.75, 3.05) is 5.73 Å². The van der Waals surface area contributed by atoms with Gasteiger partial charge in [0.1, 0.15) is 0 Å². The van der Waals surface area contributed by atoms with Gasteiger partial charge in [-0.1, -0.05) is 0 Å². The Bertz CT molecular complexity index is 582. The second-order valence-electron chi connectivity index (χ2n) is 5.26. The molecule has 1 aromatic carbocycles. The van der Waals surface area contributed by atoms with Crippen LogP contribution in [0.4, 0.5) is 4.56 Å². The number of ether oxygens (including phenoxy) is 1. The zero-order valence-corrected chi connectivity index (χ0v) is 13.0. The number of carbonyl (C=O) groups excluding carboxylic acids is 1. The number of hydrogen-bond acceptors (Lipinski definition) is 3. The van der Waals surface area contributed by atoms with Gasteiger partial charge in [-0.3, -0.25) is 0 Å². The summed E-state index contributed by atoms with van der Waals surface area (Å²) < 4.78 is 7.12. The van der Waals surface area contributed by atoms with Crippen molar-refractivity contribution in [1.29, 1.82) is 0 Å². The zero-order valence-electron chi connectivity index (χ0n) is 11.3. The van der Waals surface area contributed by atoms with E-state index in [2.05, 4.69) is 0 Å². The molecule has 2 rings (SSSR count). The minimum absolute atomic E-state index is 0.00636. The average Bonchev–Trinajstić information content (AvgIpc) is 2.70. The van der Waals surface area contributed by atoms with E-state index in [9.17, 15) is 4.79 Å². The van der Waals surface area contributed by atoms with Crippen molar-refractivity contribution in [1.82, 2.24) is 0 Å². The van der Waals surface area contributed by atoms with Gasteiger partial charge in [-0.15, -0.1) is 0 Å². The van der Waals surface area contributed by atoms with Crippen LogP contribution in [0.25, 0.3) is 10.0 Å². The van der Waals surface area contributed by atoms with Crippen LogP contribution in [0.5, 0.6) is 0 Å². The molecule has 0 atom stereocenters. The van der Waals surface area contributed by atoms with Gasteiger partial charge in [0.05, 0.1) is 0 Å². The van der Waals surface area contributed by atoms with Gasteiger partial charge < -0.3 is 0 Å². The Morgan fingerprint density at radius 1 is 1.21 bits per heavy atom. The van der Waals surface area contributed by atoms with Gasteiger partial charge in [-0.25, -0.2) is 0 Å². The minimum atomic E-state index is -0.499. The number of esters is 1. The topological polar surface area (TPSA) is 52.3 Å². The Labute approximate surface area is 119 Å². The summed E-state index contributed by atoms with van der Waals surface area (Å²) in [6.45, 7) is 5.55. The molecule has 4 heteroatoms. The fourth-order valence-corrected chi connectivity index (χ4v) is 3.57. The summed E-state index contributed by atoms with van der Waals surface area (Å²) >= 11 is -0.00636. The first kappa shape index (κ1) is 13.9. The second-order valence-corrected chi connectivity index (χ2v) is 7.53. The summed E-state index contributed by atoms with van der Waals surface area (Å²) in [5.41, 5.74) is 7.10. The molecule has 2 aromatic rings. The van der Waals surface area contributed by atoms with Gasteiger partial charge in [0.25, 0.3) is 0 Å². The van der Waals surface area contributed by atoms with E-state index in [1.807, 2.05) is 57.2 Å². The molecule has 1 aromatic heterocycles. The van der Waals surface area contributed by atoms with Crippen LogP contribution < -0.4 is 5.73 Å². The molecule has 0 aliphatic heterocycles. The van der Waals surface area contributed by atoms with Crippen molar-refractivity contribution in [3.05, 3.63) is 42.0 Å². The molecule has 0 amide bonds. The van der Waals surface area contributed by atoms with Gasteiger partial charge in [0.15, 0.2) is 0 Å². The molecule has 3 nitrogen and oxygen atoms in total. The van der Waals surface area contributed by atoms with Gasteiger partial charge in [-0.2, -0.15) is 0 Å². The fourth-order valence-electron chi connectivity index (χ4n) is 1.64. The van der Waals surface area contributed by atoms with E-state index in [1.54, 1.807) is 0 Å². The summed E-state index contributed by atoms with van der Waals surface area (Å²) in [6.07, 6.45) is 0. The molecule has 2 N–H and O–H groups in total. The van der Waals surface area contributed by atoms with Gasteiger partial charge >= 0.3 is 119 Å². The van der Waals surface area contributed by atoms with Crippen LogP contribution >= 0.6 is 0 Å². The normalized spacial score (nSPS) is 11.3. The van der Waals surface area contributed by atoms with E-state index in [-0.39, 0.29) is 20.5 Å². The predicted octanol–water partition coefficient (Wildman–Crippen LogP) is 2.95. The number of hydrogen-bond donors (Lipinski definition) is 1. The number of nitrogens with two attached hydrogens (primary N) is 1. The van der Waals surface area contributed by atoms with Crippen molar-refractivity contribution >= 4 is 25.0 Å². The zero-order chi connectivity index (χ0) is 14.0. The first-order valence-electron chi connectivity index (χ1n) is 6.05. The molecule has 0 fully saturated rings. The van der Waals surface area contributed by atoms with Crippen molar-refractivity contribution < 1.29 is 9.53 Å². The number of nitrogen functional groups attached to an aromatic ring is 1. The summed E-state index contributed by atoms with van der Waals surface area (Å²) in [4.78, 5) is 12.1. The Morgan fingerprint density at radius 3 is 2.42 bits per heavy atom. The molecule has 19 heavy (non-hydrogen) atoms. The maximum atomic E-state index is 12.1. The van der Waals surface area contributed by atoms with Crippen LogP contribution in [0.1, 0.15) is 31.1 Å². The van der Waals surface area contributed by atoms with Gasteiger partial charge in [-0.05, 0) is 0 Å². The second kappa shape index (κ2) is 5.24. The molecule has 0 unspecified atom stereocenters. The third-order valence-corrected chi connectivity index (χ3v) is 4.56. The fraction of sp³-hybridized carbons (Fsp3) is 0.267. The van der Waals surface area contributed by atoms with Crippen molar-refractivity contribution in [2.24, 2.45) is 0 Å². The summed E-state index contributed by atoms with van der Waals surface area (Å²) in [5.74, 6) is -0.335. The molecule has 0 saturated heterocycles. The van der Waals surface area contributed by atoms with E-state index in [4.69, 9.17) is 10.5 Å². The molecule has 0 radical (unpaired) electrons. The Balaban J connectivity index is 2.30. The molecule has 0 aliphatic carbocycles. The van der Waals surface area contributed by atoms with Crippen LogP contribution in [0.15, 0.2) is 36.4 Å². The molecule has 0 aliphatic rings. The van der Waals surface area contributed by atoms with E-state index in [0.29, 0.717) is 10.1 Å². The van der Waals surface area contributed by atoms with Crippen molar-refractivity contribution in [3.8, 4) is 10.0 Å². The standard InChI is InChI=1S/C15H17NO2Se/c1-15(2,3)18-14(17)11-9-12(19-13(11)16)10-7-5-4-6-8-10/h4-9H,16H2,1-3H3. The third-order valence-electron chi connectivity index (χ3n) is 2.44. The van der Waals surface area contributed by atoms with E-state index in [1.165, 1.54) is 0 Å². The average molecular weight is 322 g/mol. The molecular weight excluding hydrogens is 305 g/mol. The monoisotopic (exact) mass is 323 g/mol. The molecule has 0 saturated carbocycles. The number of anilines is 1. The van der Waals surface area contributed by atoms with Crippen LogP contribution in [-0.2, 0) is 4.74 Å². The Kier molecular flexibility index (Phi) is 3.83. The molecule has 1 heterocycles. The van der Waals surface area contributed by atoms with E-state index in [0.717, 1.165) is 10.0 Å². The predicted molar refractivity (Wildman–Crippen MR) is 78.4 cm³/mol. The summed E-state index contributed by atoms with van der Waals surface area (Å²) in [7, 11) is 0. The van der Waals surface area contributed by atoms with E-state index < -0.39 is 5.60 Å². The van der Waals surface area contributed by atoms with Crippen LogP contribution in [0, 0.1) is 0 Å². The van der Waals surface area contributed by atoms with Crippen LogP contribution in [0.2, 0.25) is 0 Å². The molecule has 0 spiro atoms. The van der Waals surface area contributed by atoms with E-state index >= 15 is 0 Å². The number of carbonyl (C=O) groups is 1. The molecular formula is C15H17NO2Se. The summed E-state index contributed by atoms with van der Waals surface area (Å²) in [6, 6.07) is 11.8. The Hall–Kier alpha value is -1.51. The SMILES string of the molecule is CC(C)(C)OC(=O)c1cc(-c2ccccc2)[se]c1N. The first-order chi connectivity index (χ1) is 8.87. The van der Waals surface area contributed by atoms with Crippen LogP contribution in [-0.4, -0.2) is 26.1 Å². The number of benzene rings is 1. The molecule has 100 valence electrons. The molecule has 0 bridgehead atoms. The van der Waals surface area contributed by atoms with Gasteiger partial charge in [0, 0.05) is 0 Å². The quantitative estimate of drug-likeness (QED) is 0.683. The maximum absolute atomic E-state index is 12.1. The van der Waals surface area contributed by atoms with Crippen molar-refractivity contribution in [2.45, 2.75) is 26.4 Å². The third kappa shape index (κ3) is 3.49. The van der Waals surface area contributed by atoms with Gasteiger partial charge in [0.2, 0.25) is 0 Å². The van der Waals surface area contributed by atoms with Crippen molar-refractivity contribution in [3.63, 3.8) is 0 Å². The Morgan fingerprint density at radius 2 is 1.84 bits per heavy atom. The summed E-state index contributed by atoms with van der Waals surface area (Å²) in [5, 5.41) is 0. The number of rotatable bonds is 2. The van der Waals surface area contributed by atoms with Crippen LogP contribution in [0.3, 0.4) is 0 Å².